The Morgan fingerprint density at radius 3 is 2.40 bits per heavy atom. The highest BCUT2D eigenvalue weighted by Crippen LogP contribution is 2.51. The number of phenolic OH excluding ortho intramolecular Hbond substituents is 3. The molecule has 43 heavy (non-hydrogen) atoms. The molecule has 12 nitrogen and oxygen atoms in total. The van der Waals surface area contributed by atoms with Crippen LogP contribution in [0.3, 0.4) is 0 Å². The number of benzene rings is 2. The van der Waals surface area contributed by atoms with E-state index in [9.17, 15) is 44.4 Å². The van der Waals surface area contributed by atoms with Gasteiger partial charge in [0.25, 0.3) is 0 Å². The van der Waals surface area contributed by atoms with Gasteiger partial charge in [0.1, 0.15) is 11.5 Å². The number of aromatic hydroxyl groups is 3. The van der Waals surface area contributed by atoms with Crippen molar-refractivity contribution in [3.63, 3.8) is 0 Å². The second kappa shape index (κ2) is 10.6. The number of likely N-dealkylation sites (N-methyl/N-ethyl adjacent to an activating group) is 1. The van der Waals surface area contributed by atoms with Crippen molar-refractivity contribution in [2.24, 2.45) is 29.4 Å². The van der Waals surface area contributed by atoms with E-state index in [1.54, 1.807) is 18.2 Å². The summed E-state index contributed by atoms with van der Waals surface area (Å²) in [6, 6.07) is 4.38. The summed E-state index contributed by atoms with van der Waals surface area (Å²) in [6.45, 7) is 0. The third-order valence-electron chi connectivity index (χ3n) is 9.00. The minimum atomic E-state index is -2.78. The van der Waals surface area contributed by atoms with Crippen molar-refractivity contribution in [1.82, 2.24) is 4.90 Å². The number of primary amides is 1. The highest BCUT2D eigenvalue weighted by molar-refractivity contribution is 6.32. The number of allylic oxidation sites excluding steroid dienone is 1. The van der Waals surface area contributed by atoms with Crippen molar-refractivity contribution in [3.05, 3.63) is 52.6 Å². The van der Waals surface area contributed by atoms with Crippen molar-refractivity contribution in [1.29, 1.82) is 0 Å². The highest BCUT2D eigenvalue weighted by atomic mass is 16.5. The van der Waals surface area contributed by atoms with Crippen LogP contribution in [-0.2, 0) is 32.0 Å². The Morgan fingerprint density at radius 2 is 1.77 bits per heavy atom. The lowest BCUT2D eigenvalue weighted by Crippen LogP contribution is -2.74. The number of fused-ring (bicyclic) bond motifs is 3. The van der Waals surface area contributed by atoms with Gasteiger partial charge in [-0.25, -0.2) is 0 Å². The number of amides is 1. The normalized spacial score (nSPS) is 28.5. The molecule has 2 fully saturated rings. The van der Waals surface area contributed by atoms with Crippen LogP contribution in [0.1, 0.15) is 33.5 Å². The maximum absolute atomic E-state index is 13.9. The lowest BCUT2D eigenvalue weighted by atomic mass is 9.52. The zero-order valence-corrected chi connectivity index (χ0v) is 23.7. The summed E-state index contributed by atoms with van der Waals surface area (Å²) in [7, 11) is 4.43. The van der Waals surface area contributed by atoms with Crippen molar-refractivity contribution in [2.45, 2.75) is 30.9 Å². The zero-order chi connectivity index (χ0) is 31.5. The molecule has 0 aliphatic heterocycles. The number of methoxy groups -OCH3 is 1. The first-order valence-electron chi connectivity index (χ1n) is 13.7. The number of carbonyl (C=O) groups excluding carboxylic acids is 5. The second-order valence-electron chi connectivity index (χ2n) is 11.6. The van der Waals surface area contributed by atoms with Crippen LogP contribution in [0.4, 0.5) is 0 Å². The van der Waals surface area contributed by atoms with E-state index in [4.69, 9.17) is 10.5 Å². The Balaban J connectivity index is 1.53. The fraction of sp³-hybridized carbons (Fsp3) is 0.387. The molecule has 226 valence electrons. The van der Waals surface area contributed by atoms with Gasteiger partial charge in [0.05, 0.1) is 24.6 Å². The summed E-state index contributed by atoms with van der Waals surface area (Å²) in [5, 5.41) is 42.4. The van der Waals surface area contributed by atoms with Crippen molar-refractivity contribution in [3.8, 4) is 23.0 Å². The Hall–Kier alpha value is -4.55. The average Bonchev–Trinajstić information content (AvgIpc) is 2.92. The van der Waals surface area contributed by atoms with E-state index in [0.717, 1.165) is 6.07 Å². The molecule has 2 saturated carbocycles. The van der Waals surface area contributed by atoms with E-state index in [1.165, 1.54) is 38.2 Å². The van der Waals surface area contributed by atoms with Gasteiger partial charge < -0.3 is 30.9 Å². The van der Waals surface area contributed by atoms with Gasteiger partial charge in [0.2, 0.25) is 5.91 Å². The van der Waals surface area contributed by atoms with Crippen LogP contribution in [0.2, 0.25) is 0 Å². The molecule has 0 heterocycles. The van der Waals surface area contributed by atoms with Crippen LogP contribution >= 0.6 is 0 Å². The third kappa shape index (κ3) is 4.48. The minimum absolute atomic E-state index is 0.0517. The van der Waals surface area contributed by atoms with Crippen LogP contribution in [0.5, 0.6) is 23.0 Å². The number of phenols is 3. The number of rotatable bonds is 6. The first-order chi connectivity index (χ1) is 20.2. The number of ether oxygens (including phenoxy) is 1. The Morgan fingerprint density at radius 1 is 1.07 bits per heavy atom. The van der Waals surface area contributed by atoms with E-state index >= 15 is 0 Å². The molecule has 0 spiro atoms. The van der Waals surface area contributed by atoms with E-state index in [1.807, 2.05) is 0 Å². The van der Waals surface area contributed by atoms with E-state index in [0.29, 0.717) is 16.7 Å². The Kier molecular flexibility index (Phi) is 7.39. The molecule has 2 aromatic carbocycles. The molecule has 0 bridgehead atoms. The van der Waals surface area contributed by atoms with Crippen LogP contribution in [0.15, 0.2) is 30.3 Å². The summed E-state index contributed by atoms with van der Waals surface area (Å²) >= 11 is 0. The summed E-state index contributed by atoms with van der Waals surface area (Å²) in [6.07, 6.45) is 3.70. The van der Waals surface area contributed by atoms with Crippen molar-refractivity contribution in [2.75, 3.05) is 21.2 Å². The fourth-order valence-electron chi connectivity index (χ4n) is 7.02. The zero-order valence-electron chi connectivity index (χ0n) is 23.7. The molecule has 2 aromatic rings. The fourth-order valence-corrected chi connectivity index (χ4v) is 7.02. The smallest absolute Gasteiger partial charge is 0.235 e. The molecule has 6 atom stereocenters. The summed E-state index contributed by atoms with van der Waals surface area (Å²) < 4.78 is 5.10. The molecular formula is C31H32N2O10. The average molecular weight is 593 g/mol. The van der Waals surface area contributed by atoms with E-state index in [2.05, 4.69) is 0 Å². The SMILES string of the molecule is COc1cc(CC=Cc2ccc(O)c3c2C[C@H]2C[C@H]4[C@H](N(C)C)C(=O)C(C(N)=O)C(=O)[C@@]4(O)C(=O)C2C3=O)c(O)cc1O. The quantitative estimate of drug-likeness (QED) is 0.293. The highest BCUT2D eigenvalue weighted by Gasteiger charge is 2.69. The van der Waals surface area contributed by atoms with Crippen LogP contribution < -0.4 is 10.5 Å². The molecule has 0 saturated heterocycles. The van der Waals surface area contributed by atoms with Gasteiger partial charge >= 0.3 is 0 Å². The van der Waals surface area contributed by atoms with Crippen LogP contribution in [0.25, 0.3) is 6.08 Å². The molecule has 12 heteroatoms. The van der Waals surface area contributed by atoms with Gasteiger partial charge in [0, 0.05) is 17.5 Å². The number of hydrogen-bond donors (Lipinski definition) is 5. The summed E-state index contributed by atoms with van der Waals surface area (Å²) in [5.41, 5.74) is 3.93. The third-order valence-corrected chi connectivity index (χ3v) is 9.00. The van der Waals surface area contributed by atoms with Gasteiger partial charge in [-0.2, -0.15) is 0 Å². The van der Waals surface area contributed by atoms with Gasteiger partial charge in [-0.1, -0.05) is 18.2 Å². The number of nitrogens with two attached hydrogens (primary N) is 1. The minimum Gasteiger partial charge on any atom is -0.508 e. The van der Waals surface area contributed by atoms with Gasteiger partial charge in [0.15, 0.2) is 46.2 Å². The second-order valence-corrected chi connectivity index (χ2v) is 11.6. The summed E-state index contributed by atoms with van der Waals surface area (Å²) in [4.78, 5) is 67.9. The lowest BCUT2D eigenvalue weighted by Gasteiger charge is -2.52. The lowest BCUT2D eigenvalue weighted by molar-refractivity contribution is -0.181. The van der Waals surface area contributed by atoms with Crippen LogP contribution in [-0.4, -0.2) is 87.2 Å². The molecule has 0 aromatic heterocycles. The molecule has 0 radical (unpaired) electrons. The molecule has 3 aliphatic rings. The number of nitrogens with zero attached hydrogens (tertiary/aromatic N) is 1. The maximum atomic E-state index is 13.9. The van der Waals surface area contributed by atoms with Crippen molar-refractivity contribution >= 4 is 35.1 Å². The number of Topliss-reactive ketones (excluding diaryl/α,β-unsaturated/α-hetero) is 4. The Labute approximate surface area is 246 Å². The van der Waals surface area contributed by atoms with Crippen molar-refractivity contribution < 1.29 is 49.1 Å². The molecule has 2 unspecified atom stereocenters. The standard InChI is InChI=1S/C31H32N2O10/c1-33(2)25-17-10-15-9-16-13(5-4-6-14-11-21(43-3)20(36)12-19(14)35)7-8-18(34)23(16)26(37)22(15)28(39)31(17,42)29(40)24(27(25)38)30(32)41/h4-5,7-8,11-12,15,17,22,24-25,34-36,42H,6,9-10H2,1-3H3,(H2,32,41)/t15-,17-,22?,24?,25-,31-/m0/s1. The monoisotopic (exact) mass is 592 g/mol. The molecule has 5 rings (SSSR count). The molecule has 1 amide bonds. The number of ketones is 4. The topological polar surface area (TPSA) is 205 Å². The predicted molar refractivity (Wildman–Crippen MR) is 150 cm³/mol. The molecule has 3 aliphatic carbocycles. The first kappa shape index (κ1) is 29.9. The first-order valence-corrected chi connectivity index (χ1v) is 13.7. The predicted octanol–water partition coefficient (Wildman–Crippen LogP) is 0.543. The number of carbonyl (C=O) groups is 5. The molecular weight excluding hydrogens is 560 g/mol. The van der Waals surface area contributed by atoms with Gasteiger partial charge in [-0.15, -0.1) is 0 Å². The van der Waals surface area contributed by atoms with Gasteiger partial charge in [-0.05, 0) is 62.5 Å². The van der Waals surface area contributed by atoms with Crippen LogP contribution in [0, 0.1) is 23.7 Å². The Bertz CT molecular complexity index is 1610. The molecule has 6 N–H and O–H groups in total. The number of hydrogen-bond acceptors (Lipinski definition) is 11. The largest absolute Gasteiger partial charge is 0.508 e. The summed E-state index contributed by atoms with van der Waals surface area (Å²) in [5.74, 6) is -11.2. The van der Waals surface area contributed by atoms with E-state index in [-0.39, 0.29) is 47.8 Å². The van der Waals surface area contributed by atoms with E-state index < -0.39 is 64.4 Å². The number of aliphatic hydroxyl groups is 1. The maximum Gasteiger partial charge on any atom is 0.235 e. The van der Waals surface area contributed by atoms with Gasteiger partial charge in [-0.3, -0.25) is 28.9 Å².